The molecule has 0 aliphatic heterocycles. The van der Waals surface area contributed by atoms with Crippen molar-refractivity contribution in [3.63, 3.8) is 0 Å². The Morgan fingerprint density at radius 3 is 2.24 bits per heavy atom. The molecule has 4 heteroatoms. The molecule has 1 atom stereocenters. The van der Waals surface area contributed by atoms with E-state index in [0.29, 0.717) is 19.6 Å². The van der Waals surface area contributed by atoms with Crippen LogP contribution in [0.5, 0.6) is 0 Å². The molecular formula is C13H28N2O2. The van der Waals surface area contributed by atoms with Gasteiger partial charge in [0.05, 0.1) is 6.61 Å². The summed E-state index contributed by atoms with van der Waals surface area (Å²) >= 11 is 0. The van der Waals surface area contributed by atoms with Crippen molar-refractivity contribution in [1.29, 1.82) is 0 Å². The van der Waals surface area contributed by atoms with Crippen LogP contribution in [0.3, 0.4) is 0 Å². The maximum atomic E-state index is 12.1. The van der Waals surface area contributed by atoms with Gasteiger partial charge in [-0.05, 0) is 19.3 Å². The number of hydrogen-bond acceptors (Lipinski definition) is 3. The van der Waals surface area contributed by atoms with Crippen LogP contribution in [0.2, 0.25) is 0 Å². The van der Waals surface area contributed by atoms with E-state index < -0.39 is 0 Å². The zero-order chi connectivity index (χ0) is 13.6. The monoisotopic (exact) mass is 244 g/mol. The first-order valence-electron chi connectivity index (χ1n) is 6.24. The molecule has 102 valence electrons. The van der Waals surface area contributed by atoms with Gasteiger partial charge in [0.25, 0.3) is 0 Å². The van der Waals surface area contributed by atoms with Gasteiger partial charge in [-0.2, -0.15) is 0 Å². The Morgan fingerprint density at radius 2 is 1.88 bits per heavy atom. The molecule has 0 aromatic carbocycles. The second-order valence-corrected chi connectivity index (χ2v) is 5.85. The van der Waals surface area contributed by atoms with Crippen molar-refractivity contribution < 1.29 is 9.53 Å². The van der Waals surface area contributed by atoms with E-state index in [1.165, 1.54) is 0 Å². The van der Waals surface area contributed by atoms with Crippen molar-refractivity contribution in [3.05, 3.63) is 0 Å². The molecule has 2 N–H and O–H groups in total. The number of carbonyl (C=O) groups excluding carboxylic acids is 1. The molecule has 0 aliphatic rings. The van der Waals surface area contributed by atoms with Crippen LogP contribution >= 0.6 is 0 Å². The fourth-order valence-corrected chi connectivity index (χ4v) is 1.47. The van der Waals surface area contributed by atoms with Gasteiger partial charge in [0.15, 0.2) is 0 Å². The molecule has 0 bridgehead atoms. The van der Waals surface area contributed by atoms with Gasteiger partial charge < -0.3 is 15.4 Å². The van der Waals surface area contributed by atoms with Gasteiger partial charge >= 0.3 is 0 Å². The Hall–Kier alpha value is -0.610. The summed E-state index contributed by atoms with van der Waals surface area (Å²) in [6.45, 7) is 11.4. The van der Waals surface area contributed by atoms with Crippen molar-refractivity contribution in [2.75, 3.05) is 20.3 Å². The van der Waals surface area contributed by atoms with E-state index in [4.69, 9.17) is 10.5 Å². The lowest BCUT2D eigenvalue weighted by molar-refractivity contribution is -0.134. The molecule has 0 aliphatic carbocycles. The minimum Gasteiger partial charge on any atom is -0.383 e. The highest BCUT2D eigenvalue weighted by atomic mass is 16.5. The number of ether oxygens (including phenoxy) is 1. The smallest absolute Gasteiger partial charge is 0.224 e. The lowest BCUT2D eigenvalue weighted by Gasteiger charge is -2.31. The second-order valence-electron chi connectivity index (χ2n) is 5.85. The summed E-state index contributed by atoms with van der Waals surface area (Å²) in [7, 11) is 1.64. The van der Waals surface area contributed by atoms with Crippen LogP contribution in [0.25, 0.3) is 0 Å². The van der Waals surface area contributed by atoms with Gasteiger partial charge in [0.2, 0.25) is 5.91 Å². The number of hydrogen-bond donors (Lipinski definition) is 1. The van der Waals surface area contributed by atoms with Crippen molar-refractivity contribution in [2.24, 2.45) is 11.1 Å². The first-order chi connectivity index (χ1) is 7.70. The maximum absolute atomic E-state index is 12.1. The highest BCUT2D eigenvalue weighted by Gasteiger charge is 2.26. The van der Waals surface area contributed by atoms with Gasteiger partial charge in [0.1, 0.15) is 0 Å². The molecule has 17 heavy (non-hydrogen) atoms. The normalized spacial score (nSPS) is 13.9. The number of nitrogens with zero attached hydrogens (tertiary/aromatic N) is 1. The van der Waals surface area contributed by atoms with Gasteiger partial charge in [-0.15, -0.1) is 0 Å². The molecule has 1 amide bonds. The quantitative estimate of drug-likeness (QED) is 0.772. The van der Waals surface area contributed by atoms with Crippen LogP contribution in [0.4, 0.5) is 0 Å². The predicted octanol–water partition coefficient (Wildman–Crippen LogP) is 1.63. The second kappa shape index (κ2) is 6.97. The Kier molecular flexibility index (Phi) is 6.72. The summed E-state index contributed by atoms with van der Waals surface area (Å²) < 4.78 is 5.02. The number of rotatable bonds is 6. The Labute approximate surface area is 105 Å². The SMILES string of the molecule is COCCN(C(=O)CC(N)C(C)(C)C)C(C)C. The third-order valence-corrected chi connectivity index (χ3v) is 2.99. The largest absolute Gasteiger partial charge is 0.383 e. The van der Waals surface area contributed by atoms with Crippen LogP contribution in [-0.2, 0) is 9.53 Å². The number of carbonyl (C=O) groups is 1. The zero-order valence-electron chi connectivity index (χ0n) is 12.1. The first kappa shape index (κ1) is 16.4. The van der Waals surface area contributed by atoms with Crippen LogP contribution in [0.15, 0.2) is 0 Å². The summed E-state index contributed by atoms with van der Waals surface area (Å²) in [5.41, 5.74) is 6.00. The Morgan fingerprint density at radius 1 is 1.35 bits per heavy atom. The van der Waals surface area contributed by atoms with Crippen molar-refractivity contribution >= 4 is 5.91 Å². The van der Waals surface area contributed by atoms with Gasteiger partial charge in [-0.25, -0.2) is 0 Å². The fourth-order valence-electron chi connectivity index (χ4n) is 1.47. The summed E-state index contributed by atoms with van der Waals surface area (Å²) in [4.78, 5) is 14.0. The molecular weight excluding hydrogens is 216 g/mol. The number of nitrogens with two attached hydrogens (primary N) is 1. The highest BCUT2D eigenvalue weighted by Crippen LogP contribution is 2.20. The third kappa shape index (κ3) is 6.03. The molecule has 0 radical (unpaired) electrons. The van der Waals surface area contributed by atoms with Crippen molar-refractivity contribution in [1.82, 2.24) is 4.90 Å². The highest BCUT2D eigenvalue weighted by molar-refractivity contribution is 5.77. The topological polar surface area (TPSA) is 55.6 Å². The molecule has 0 aromatic rings. The van der Waals surface area contributed by atoms with E-state index in [2.05, 4.69) is 20.8 Å². The van der Waals surface area contributed by atoms with Crippen LogP contribution in [0.1, 0.15) is 41.0 Å². The standard InChI is InChI=1S/C13H28N2O2/c1-10(2)15(7-8-17-6)12(16)9-11(14)13(3,4)5/h10-11H,7-9,14H2,1-6H3. The molecule has 0 saturated heterocycles. The predicted molar refractivity (Wildman–Crippen MR) is 70.8 cm³/mol. The first-order valence-corrected chi connectivity index (χ1v) is 6.24. The van der Waals surface area contributed by atoms with Crippen LogP contribution in [0, 0.1) is 5.41 Å². The average Bonchev–Trinajstić information content (AvgIpc) is 2.16. The minimum atomic E-state index is -0.112. The lowest BCUT2D eigenvalue weighted by Crippen LogP contribution is -2.45. The van der Waals surface area contributed by atoms with E-state index in [1.54, 1.807) is 7.11 Å². The molecule has 0 rings (SSSR count). The van der Waals surface area contributed by atoms with Crippen molar-refractivity contribution in [2.45, 2.75) is 53.1 Å². The molecule has 4 nitrogen and oxygen atoms in total. The van der Waals surface area contributed by atoms with Gasteiger partial charge in [-0.3, -0.25) is 4.79 Å². The van der Waals surface area contributed by atoms with E-state index in [9.17, 15) is 4.79 Å². The summed E-state index contributed by atoms with van der Waals surface area (Å²) in [5, 5.41) is 0. The summed E-state index contributed by atoms with van der Waals surface area (Å²) in [6.07, 6.45) is 0.394. The van der Waals surface area contributed by atoms with E-state index in [-0.39, 0.29) is 23.4 Å². The van der Waals surface area contributed by atoms with Crippen LogP contribution in [-0.4, -0.2) is 43.2 Å². The summed E-state index contributed by atoms with van der Waals surface area (Å²) in [5.74, 6) is 0.111. The summed E-state index contributed by atoms with van der Waals surface area (Å²) in [6, 6.07) is 0.0728. The third-order valence-electron chi connectivity index (χ3n) is 2.99. The van der Waals surface area contributed by atoms with E-state index >= 15 is 0 Å². The Balaban J connectivity index is 4.42. The molecule has 0 saturated carbocycles. The molecule has 0 spiro atoms. The molecule has 0 fully saturated rings. The molecule has 1 unspecified atom stereocenters. The number of methoxy groups -OCH3 is 1. The maximum Gasteiger partial charge on any atom is 0.224 e. The van der Waals surface area contributed by atoms with Gasteiger partial charge in [-0.1, -0.05) is 20.8 Å². The average molecular weight is 244 g/mol. The molecule has 0 aromatic heterocycles. The number of amides is 1. The van der Waals surface area contributed by atoms with Crippen molar-refractivity contribution in [3.8, 4) is 0 Å². The fraction of sp³-hybridized carbons (Fsp3) is 0.923. The minimum absolute atomic E-state index is 0.0421. The van der Waals surface area contributed by atoms with Crippen LogP contribution < -0.4 is 5.73 Å². The molecule has 0 heterocycles. The zero-order valence-corrected chi connectivity index (χ0v) is 12.1. The van der Waals surface area contributed by atoms with E-state index in [1.807, 2.05) is 18.7 Å². The van der Waals surface area contributed by atoms with E-state index in [0.717, 1.165) is 0 Å². The van der Waals surface area contributed by atoms with Gasteiger partial charge in [0, 0.05) is 32.2 Å². The Bertz CT molecular complexity index is 234. The lowest BCUT2D eigenvalue weighted by atomic mass is 9.85.